The first kappa shape index (κ1) is 25.2. The number of methoxy groups -OCH3 is 1. The lowest BCUT2D eigenvalue weighted by Gasteiger charge is -2.42. The fraction of sp³-hybridized carbons (Fsp3) is 0.440. The Hall–Kier alpha value is -3.41. The molecule has 5 rings (SSSR count). The van der Waals surface area contributed by atoms with Gasteiger partial charge < -0.3 is 24.6 Å². The topological polar surface area (TPSA) is 113 Å². The second kappa shape index (κ2) is 9.16. The molecule has 0 aliphatic carbocycles. The van der Waals surface area contributed by atoms with Crippen LogP contribution in [0.2, 0.25) is 0 Å². The highest BCUT2D eigenvalue weighted by molar-refractivity contribution is 8.00. The molecule has 3 aliphatic heterocycles. The van der Waals surface area contributed by atoms with E-state index in [0.29, 0.717) is 37.3 Å². The third-order valence-corrected chi connectivity index (χ3v) is 8.75. The summed E-state index contributed by atoms with van der Waals surface area (Å²) in [5.41, 5.74) is -1.61. The summed E-state index contributed by atoms with van der Waals surface area (Å²) in [6, 6.07) is 1.73. The molecule has 9 nitrogen and oxygen atoms in total. The number of hydrogen-bond acceptors (Lipinski definition) is 7. The summed E-state index contributed by atoms with van der Waals surface area (Å²) >= 11 is 1.34. The van der Waals surface area contributed by atoms with Crippen LogP contribution in [0.5, 0.6) is 5.75 Å². The third kappa shape index (κ3) is 4.07. The van der Waals surface area contributed by atoms with Crippen LogP contribution in [0.25, 0.3) is 0 Å². The number of carbonyl (C=O) groups excluding carboxylic acids is 2. The third-order valence-electron chi connectivity index (χ3n) is 7.47. The van der Waals surface area contributed by atoms with Crippen molar-refractivity contribution >= 4 is 29.7 Å². The summed E-state index contributed by atoms with van der Waals surface area (Å²) in [6.45, 7) is 3.26. The van der Waals surface area contributed by atoms with Crippen molar-refractivity contribution < 1.29 is 28.2 Å². The van der Waals surface area contributed by atoms with Gasteiger partial charge in [-0.3, -0.25) is 14.4 Å². The Morgan fingerprint density at radius 1 is 1.32 bits per heavy atom. The van der Waals surface area contributed by atoms with Crippen LogP contribution in [0.4, 0.5) is 8.78 Å². The average Bonchev–Trinajstić information content (AvgIpc) is 3.23. The summed E-state index contributed by atoms with van der Waals surface area (Å²) in [5.74, 6) is -3.35. The molecule has 12 heteroatoms. The summed E-state index contributed by atoms with van der Waals surface area (Å²) in [5, 5.41) is 13.2. The van der Waals surface area contributed by atoms with Gasteiger partial charge in [0, 0.05) is 37.3 Å². The molecule has 2 bridgehead atoms. The second-order valence-corrected chi connectivity index (χ2v) is 10.9. The van der Waals surface area contributed by atoms with E-state index in [1.165, 1.54) is 36.7 Å². The number of rotatable bonds is 3. The second-order valence-electron chi connectivity index (χ2n) is 9.75. The molecule has 0 unspecified atom stereocenters. The minimum absolute atomic E-state index is 0.132. The van der Waals surface area contributed by atoms with Gasteiger partial charge in [-0.2, -0.15) is 4.40 Å². The number of amides is 2. The van der Waals surface area contributed by atoms with Crippen molar-refractivity contribution in [3.63, 3.8) is 0 Å². The number of carbonyl (C=O) groups is 2. The van der Waals surface area contributed by atoms with Crippen molar-refractivity contribution in [1.29, 1.82) is 0 Å². The molecule has 2 N–H and O–H groups in total. The van der Waals surface area contributed by atoms with Gasteiger partial charge in [0.05, 0.1) is 17.9 Å². The number of aromatic nitrogens is 1. The predicted octanol–water partition coefficient (Wildman–Crippen LogP) is 3.09. The lowest BCUT2D eigenvalue weighted by atomic mass is 9.89. The summed E-state index contributed by atoms with van der Waals surface area (Å²) in [6.07, 6.45) is 3.11. The molecule has 0 radical (unpaired) electrons. The first-order valence-electron chi connectivity index (χ1n) is 11.9. The Morgan fingerprint density at radius 2 is 2.03 bits per heavy atom. The zero-order chi connectivity index (χ0) is 26.6. The zero-order valence-corrected chi connectivity index (χ0v) is 21.3. The fourth-order valence-electron chi connectivity index (χ4n) is 5.35. The van der Waals surface area contributed by atoms with Crippen LogP contribution in [-0.4, -0.2) is 56.7 Å². The summed E-state index contributed by atoms with van der Waals surface area (Å²) in [7, 11) is 1.53. The van der Waals surface area contributed by atoms with E-state index in [9.17, 15) is 28.3 Å². The molecule has 37 heavy (non-hydrogen) atoms. The number of fused-ring (bicyclic) bond motifs is 5. The molecule has 0 saturated carbocycles. The van der Waals surface area contributed by atoms with Crippen molar-refractivity contribution in [2.24, 2.45) is 4.40 Å². The largest absolute Gasteiger partial charge is 0.503 e. The standard InChI is InChI=1S/C25H26F2N4O5S/c1-12-6-16(26)14(17(27)7-12)9-28-23(34)15-10-31-18-11-30(24(35)20(31)22(33)21(15)32)13(2)4-5-25(18)8-19(36-3)29-37-25/h6-7,10,13,18,33H,4-5,8-9,11H2,1-3H3,(H,28,34)/t13-,18+,25-/m0/s1. The maximum atomic E-state index is 14.3. The number of nitrogens with zero attached hydrogens (tertiary/aromatic N) is 3. The first-order chi connectivity index (χ1) is 17.6. The van der Waals surface area contributed by atoms with E-state index < -0.39 is 57.5 Å². The Labute approximate surface area is 215 Å². The maximum absolute atomic E-state index is 14.3. The van der Waals surface area contributed by atoms with Gasteiger partial charge in [0.15, 0.2) is 17.3 Å². The number of aromatic hydroxyl groups is 1. The van der Waals surface area contributed by atoms with E-state index in [2.05, 4.69) is 9.71 Å². The highest BCUT2D eigenvalue weighted by Gasteiger charge is 2.53. The van der Waals surface area contributed by atoms with Crippen molar-refractivity contribution in [2.75, 3.05) is 13.7 Å². The monoisotopic (exact) mass is 532 g/mol. The van der Waals surface area contributed by atoms with Crippen LogP contribution in [-0.2, 0) is 11.3 Å². The Bertz CT molecular complexity index is 1390. The minimum Gasteiger partial charge on any atom is -0.503 e. The Morgan fingerprint density at radius 3 is 2.68 bits per heavy atom. The molecule has 2 amide bonds. The van der Waals surface area contributed by atoms with Crippen LogP contribution in [0.1, 0.15) is 64.2 Å². The molecule has 3 aliphatic rings. The van der Waals surface area contributed by atoms with E-state index in [0.717, 1.165) is 12.1 Å². The van der Waals surface area contributed by atoms with Gasteiger partial charge in [-0.25, -0.2) is 8.78 Å². The maximum Gasteiger partial charge on any atom is 0.274 e. The van der Waals surface area contributed by atoms with E-state index in [4.69, 9.17) is 4.74 Å². The smallest absolute Gasteiger partial charge is 0.274 e. The highest BCUT2D eigenvalue weighted by atomic mass is 32.2. The molecule has 2 aromatic rings. The van der Waals surface area contributed by atoms with Gasteiger partial charge >= 0.3 is 0 Å². The Balaban J connectivity index is 1.55. The lowest BCUT2D eigenvalue weighted by Crippen LogP contribution is -2.51. The van der Waals surface area contributed by atoms with Crippen molar-refractivity contribution in [2.45, 2.75) is 56.5 Å². The van der Waals surface area contributed by atoms with Gasteiger partial charge in [0.2, 0.25) is 5.43 Å². The average molecular weight is 533 g/mol. The van der Waals surface area contributed by atoms with Crippen molar-refractivity contribution in [3.05, 3.63) is 62.6 Å². The number of benzene rings is 1. The van der Waals surface area contributed by atoms with E-state index in [1.54, 1.807) is 4.90 Å². The molecule has 1 fully saturated rings. The van der Waals surface area contributed by atoms with E-state index >= 15 is 0 Å². The van der Waals surface area contributed by atoms with E-state index in [1.807, 2.05) is 6.92 Å². The van der Waals surface area contributed by atoms with Crippen LogP contribution < -0.4 is 10.7 Å². The van der Waals surface area contributed by atoms with Crippen LogP contribution in [0.3, 0.4) is 0 Å². The number of ether oxygens (including phenoxy) is 1. The van der Waals surface area contributed by atoms with Gasteiger partial charge in [-0.15, -0.1) is 0 Å². The Kier molecular flexibility index (Phi) is 6.25. The summed E-state index contributed by atoms with van der Waals surface area (Å²) < 4.78 is 39.3. The zero-order valence-electron chi connectivity index (χ0n) is 20.5. The van der Waals surface area contributed by atoms with Crippen molar-refractivity contribution in [3.8, 4) is 5.75 Å². The molecular formula is C25H26F2N4O5S. The number of nitrogens with one attached hydrogen (secondary N) is 1. The molecule has 3 atom stereocenters. The molecule has 1 spiro atoms. The van der Waals surface area contributed by atoms with Gasteiger partial charge in [0.1, 0.15) is 17.2 Å². The molecule has 1 saturated heterocycles. The molecule has 1 aromatic heterocycles. The first-order valence-corrected chi connectivity index (χ1v) is 12.6. The number of pyridine rings is 1. The number of halogens is 2. The van der Waals surface area contributed by atoms with Crippen molar-refractivity contribution in [1.82, 2.24) is 14.8 Å². The lowest BCUT2D eigenvalue weighted by molar-refractivity contribution is 0.0595. The summed E-state index contributed by atoms with van der Waals surface area (Å²) in [4.78, 5) is 41.0. The van der Waals surface area contributed by atoms with E-state index in [-0.39, 0.29) is 17.3 Å². The van der Waals surface area contributed by atoms with Gasteiger partial charge in [-0.05, 0) is 56.3 Å². The molecular weight excluding hydrogens is 506 g/mol. The molecule has 196 valence electrons. The normalized spacial score (nSPS) is 24.5. The highest BCUT2D eigenvalue weighted by Crippen LogP contribution is 2.52. The molecule has 1 aromatic carbocycles. The SMILES string of the molecule is COC1=NS[C@@]2(CC[C@H](C)N3C[C@H]2n2cc(C(=O)NCc4c(F)cc(C)cc4F)c(=O)c(O)c2C3=O)C1. The predicted molar refractivity (Wildman–Crippen MR) is 133 cm³/mol. The number of aryl methyl sites for hydroxylation is 1. The minimum atomic E-state index is -1.03. The number of hydrogen-bond donors (Lipinski definition) is 2. The quantitative estimate of drug-likeness (QED) is 0.588. The van der Waals surface area contributed by atoms with Gasteiger partial charge in [0.25, 0.3) is 11.8 Å². The molecule has 4 heterocycles. The van der Waals surface area contributed by atoms with Crippen LogP contribution >= 0.6 is 11.9 Å². The van der Waals surface area contributed by atoms with Crippen LogP contribution in [0, 0.1) is 18.6 Å². The van der Waals surface area contributed by atoms with Crippen LogP contribution in [0.15, 0.2) is 27.5 Å². The fourth-order valence-corrected chi connectivity index (χ4v) is 6.48. The van der Waals surface area contributed by atoms with Gasteiger partial charge in [-0.1, -0.05) is 0 Å².